The first kappa shape index (κ1) is 24.1. The molecular formula is C25H16F2KN5O. The van der Waals surface area contributed by atoms with Crippen molar-refractivity contribution in [1.29, 1.82) is 5.26 Å². The van der Waals surface area contributed by atoms with E-state index in [2.05, 4.69) is 10.1 Å². The van der Waals surface area contributed by atoms with E-state index in [1.165, 1.54) is 12.1 Å². The van der Waals surface area contributed by atoms with Crippen LogP contribution in [0.5, 0.6) is 5.75 Å². The van der Waals surface area contributed by atoms with E-state index in [-0.39, 0.29) is 69.8 Å². The molecule has 0 radical (unpaired) electrons. The molecule has 162 valence electrons. The molecule has 6 nitrogen and oxygen atoms in total. The summed E-state index contributed by atoms with van der Waals surface area (Å²) in [5, 5.41) is 23.3. The number of rotatable bonds is 3. The smallest absolute Gasteiger partial charge is 1.00 e. The van der Waals surface area contributed by atoms with Crippen LogP contribution in [0, 0.1) is 29.9 Å². The molecule has 1 N–H and O–H groups in total. The summed E-state index contributed by atoms with van der Waals surface area (Å²) in [5.74, 6) is -1.27. The van der Waals surface area contributed by atoms with Crippen molar-refractivity contribution < 1.29 is 66.7 Å². The Kier molecular flexibility index (Phi) is 6.88. The largest absolute Gasteiger partial charge is 1.00 e. The molecule has 0 bridgehead atoms. The van der Waals surface area contributed by atoms with Crippen molar-refractivity contribution in [2.45, 2.75) is 6.92 Å². The van der Waals surface area contributed by atoms with Crippen LogP contribution in [0.2, 0.25) is 0 Å². The fraction of sp³-hybridized carbons (Fsp3) is 0.0400. The predicted molar refractivity (Wildman–Crippen MR) is 119 cm³/mol. The molecule has 0 fully saturated rings. The van der Waals surface area contributed by atoms with Crippen molar-refractivity contribution in [3.63, 3.8) is 0 Å². The number of phenols is 1. The summed E-state index contributed by atoms with van der Waals surface area (Å²) in [7, 11) is 0. The Labute approximate surface area is 237 Å². The molecule has 3 heterocycles. The van der Waals surface area contributed by atoms with E-state index in [4.69, 9.17) is 10.2 Å². The average molecular weight is 480 g/mol. The molecule has 3 aromatic heterocycles. The number of aryl methyl sites for hydroxylation is 1. The number of phenolic OH excluding ortho intramolecular Hbond substituents is 1. The van der Waals surface area contributed by atoms with Crippen LogP contribution in [0.15, 0.2) is 66.9 Å². The third-order valence-electron chi connectivity index (χ3n) is 5.30. The second kappa shape index (κ2) is 9.70. The van der Waals surface area contributed by atoms with Crippen molar-refractivity contribution >= 4 is 5.65 Å². The van der Waals surface area contributed by atoms with Crippen LogP contribution in [0.1, 0.15) is 12.8 Å². The van der Waals surface area contributed by atoms with Gasteiger partial charge < -0.3 is 6.53 Å². The van der Waals surface area contributed by atoms with Gasteiger partial charge >= 0.3 is 51.4 Å². The summed E-state index contributed by atoms with van der Waals surface area (Å²) in [6, 6.07) is 17.1. The summed E-state index contributed by atoms with van der Waals surface area (Å²) in [6.07, 6.45) is 1.54. The quantitative estimate of drug-likeness (QED) is 0.402. The Bertz CT molecular complexity index is 1560. The second-order valence-corrected chi connectivity index (χ2v) is 7.44. The van der Waals surface area contributed by atoms with Crippen molar-refractivity contribution in [2.24, 2.45) is 0 Å². The number of fused-ring (bicyclic) bond motifs is 1. The zero-order chi connectivity index (χ0) is 23.1. The van der Waals surface area contributed by atoms with Gasteiger partial charge in [0.05, 0.1) is 22.6 Å². The molecule has 0 spiro atoms. The van der Waals surface area contributed by atoms with Crippen LogP contribution in [0.4, 0.5) is 8.78 Å². The topological polar surface area (TPSA) is 87.1 Å². The van der Waals surface area contributed by atoms with Crippen LogP contribution in [0.3, 0.4) is 0 Å². The van der Waals surface area contributed by atoms with Gasteiger partial charge in [0, 0.05) is 29.0 Å². The molecule has 5 rings (SSSR count). The van der Waals surface area contributed by atoms with Gasteiger partial charge in [0.15, 0.2) is 5.65 Å². The van der Waals surface area contributed by atoms with Crippen LogP contribution in [-0.2, 0) is 0 Å². The number of aromatic nitrogens is 4. The standard InChI is InChI=1S/C25H15F2N5O.K.H/c1-14-24(20-9-5-17(26)10-21(20)27)25-30-22(16-2-6-18(12-28)29-13-16)11-23(32(25)31-14)15-3-7-19(33)8-4-15;;/h2-11,13,33H,1H3;;/q;+1;-1. The molecule has 0 amide bonds. The Hall–Kier alpha value is -3.00. The Morgan fingerprint density at radius 2 is 1.74 bits per heavy atom. The maximum Gasteiger partial charge on any atom is 1.00 e. The van der Waals surface area contributed by atoms with Crippen molar-refractivity contribution in [2.75, 3.05) is 0 Å². The first-order valence-electron chi connectivity index (χ1n) is 9.96. The van der Waals surface area contributed by atoms with E-state index in [1.54, 1.807) is 60.1 Å². The molecule has 34 heavy (non-hydrogen) atoms. The molecule has 2 aromatic carbocycles. The zero-order valence-electron chi connectivity index (χ0n) is 19.3. The van der Waals surface area contributed by atoms with Gasteiger partial charge in [-0.05, 0) is 61.5 Å². The Balaban J connectivity index is 0.00000171. The van der Waals surface area contributed by atoms with Gasteiger partial charge in [-0.3, -0.25) is 0 Å². The Morgan fingerprint density at radius 3 is 2.38 bits per heavy atom. The van der Waals surface area contributed by atoms with Gasteiger partial charge in [-0.2, -0.15) is 10.4 Å². The van der Waals surface area contributed by atoms with Gasteiger partial charge in [-0.1, -0.05) is 0 Å². The zero-order valence-corrected chi connectivity index (χ0v) is 21.4. The number of nitriles is 1. The van der Waals surface area contributed by atoms with E-state index < -0.39 is 11.6 Å². The van der Waals surface area contributed by atoms with Gasteiger partial charge in [-0.25, -0.2) is 23.3 Å². The van der Waals surface area contributed by atoms with Crippen molar-refractivity contribution in [3.8, 4) is 45.5 Å². The maximum atomic E-state index is 14.7. The minimum atomic E-state index is -0.716. The van der Waals surface area contributed by atoms with Crippen molar-refractivity contribution in [3.05, 3.63) is 89.9 Å². The SMILES string of the molecule is Cc1nn2c(-c3ccc(O)cc3)cc(-c3ccc(C#N)nc3)nc2c1-c1ccc(F)cc1F.[H-].[K+]. The summed E-state index contributed by atoms with van der Waals surface area (Å²) in [5.41, 5.74) is 4.37. The molecule has 0 saturated carbocycles. The number of aromatic hydroxyl groups is 1. The van der Waals surface area contributed by atoms with Gasteiger partial charge in [-0.15, -0.1) is 0 Å². The van der Waals surface area contributed by atoms with Gasteiger partial charge in [0.2, 0.25) is 0 Å². The Morgan fingerprint density at radius 1 is 1.00 bits per heavy atom. The van der Waals surface area contributed by atoms with Crippen LogP contribution in [-0.4, -0.2) is 24.7 Å². The molecule has 5 aromatic rings. The molecule has 0 aliphatic carbocycles. The molecular weight excluding hydrogens is 463 g/mol. The van der Waals surface area contributed by atoms with Crippen LogP contribution >= 0.6 is 0 Å². The first-order chi connectivity index (χ1) is 15.9. The van der Waals surface area contributed by atoms with E-state index in [9.17, 15) is 13.9 Å². The minimum Gasteiger partial charge on any atom is -1.00 e. The van der Waals surface area contributed by atoms with Crippen LogP contribution < -0.4 is 51.4 Å². The second-order valence-electron chi connectivity index (χ2n) is 7.44. The number of halogens is 2. The fourth-order valence-electron chi connectivity index (χ4n) is 3.73. The normalized spacial score (nSPS) is 10.6. The molecule has 0 aliphatic rings. The monoisotopic (exact) mass is 479 g/mol. The molecule has 0 unspecified atom stereocenters. The van der Waals surface area contributed by atoms with E-state index in [0.717, 1.165) is 11.6 Å². The van der Waals surface area contributed by atoms with E-state index in [1.807, 2.05) is 6.07 Å². The number of benzene rings is 2. The summed E-state index contributed by atoms with van der Waals surface area (Å²) < 4.78 is 29.9. The molecule has 9 heteroatoms. The van der Waals surface area contributed by atoms with Gasteiger partial charge in [0.1, 0.15) is 29.1 Å². The van der Waals surface area contributed by atoms with Gasteiger partial charge in [0.25, 0.3) is 0 Å². The fourth-order valence-corrected chi connectivity index (χ4v) is 3.73. The maximum absolute atomic E-state index is 14.7. The van der Waals surface area contributed by atoms with E-state index >= 15 is 0 Å². The average Bonchev–Trinajstić information content (AvgIpc) is 3.15. The molecule has 0 saturated heterocycles. The summed E-state index contributed by atoms with van der Waals surface area (Å²) in [4.78, 5) is 8.85. The first-order valence-corrected chi connectivity index (χ1v) is 9.96. The third kappa shape index (κ3) is 4.38. The number of pyridine rings is 1. The minimum absolute atomic E-state index is 0. The van der Waals surface area contributed by atoms with E-state index in [0.29, 0.717) is 33.9 Å². The molecule has 0 atom stereocenters. The predicted octanol–water partition coefficient (Wildman–Crippen LogP) is 2.41. The summed E-state index contributed by atoms with van der Waals surface area (Å²) in [6.45, 7) is 1.73. The third-order valence-corrected chi connectivity index (χ3v) is 5.30. The number of hydrogen-bond donors (Lipinski definition) is 1. The molecule has 0 aliphatic heterocycles. The summed E-state index contributed by atoms with van der Waals surface area (Å²) >= 11 is 0. The van der Waals surface area contributed by atoms with Crippen LogP contribution in [0.25, 0.3) is 39.3 Å². The number of nitrogens with zero attached hydrogens (tertiary/aromatic N) is 5. The van der Waals surface area contributed by atoms with Crippen molar-refractivity contribution in [1.82, 2.24) is 19.6 Å². The number of hydrogen-bond acceptors (Lipinski definition) is 5.